The molecule has 3 rings (SSSR count). The van der Waals surface area contributed by atoms with Gasteiger partial charge in [0.25, 0.3) is 15.7 Å². The van der Waals surface area contributed by atoms with Crippen LogP contribution in [0.4, 0.5) is 5.69 Å². The van der Waals surface area contributed by atoms with Gasteiger partial charge >= 0.3 is 0 Å². The second-order valence-electron chi connectivity index (χ2n) is 6.86. The third-order valence-electron chi connectivity index (χ3n) is 4.53. The van der Waals surface area contributed by atoms with Crippen molar-refractivity contribution >= 4 is 15.7 Å². The van der Waals surface area contributed by atoms with E-state index in [2.05, 4.69) is 6.58 Å². The Labute approximate surface area is 158 Å². The van der Waals surface area contributed by atoms with E-state index in [9.17, 15) is 18.5 Å². The molecule has 0 radical (unpaired) electrons. The van der Waals surface area contributed by atoms with E-state index in [4.69, 9.17) is 9.47 Å². The van der Waals surface area contributed by atoms with Crippen LogP contribution in [0, 0.1) is 10.1 Å². The van der Waals surface area contributed by atoms with Gasteiger partial charge in [0.15, 0.2) is 10.7 Å². The first-order valence-electron chi connectivity index (χ1n) is 8.57. The molecule has 0 spiro atoms. The molecule has 1 aromatic carbocycles. The Morgan fingerprint density at radius 3 is 2.67 bits per heavy atom. The molecule has 27 heavy (non-hydrogen) atoms. The van der Waals surface area contributed by atoms with Crippen molar-refractivity contribution in [3.8, 4) is 0 Å². The fourth-order valence-electron chi connectivity index (χ4n) is 3.42. The number of hydrogen-bond acceptors (Lipinski definition) is 6. The van der Waals surface area contributed by atoms with E-state index in [1.165, 1.54) is 28.6 Å². The summed E-state index contributed by atoms with van der Waals surface area (Å²) in [6, 6.07) is 4.72. The zero-order valence-electron chi connectivity index (χ0n) is 15.1. The van der Waals surface area contributed by atoms with E-state index < -0.39 is 38.6 Å². The summed E-state index contributed by atoms with van der Waals surface area (Å²) in [5, 5.41) is 11.3. The second-order valence-corrected chi connectivity index (χ2v) is 8.72. The Balaban J connectivity index is 2.02. The van der Waals surface area contributed by atoms with Gasteiger partial charge in [0.2, 0.25) is 0 Å². The SMILES string of the molecule is C=CCCN([C@@H]1C=C[C@H]2OC(C)(C)O[C@@H]12)S(=O)(=O)c1ccccc1[N+](=O)[O-]. The van der Waals surface area contributed by atoms with Gasteiger partial charge in [-0.25, -0.2) is 8.42 Å². The van der Waals surface area contributed by atoms with Crippen LogP contribution in [-0.4, -0.2) is 48.2 Å². The quantitative estimate of drug-likeness (QED) is 0.400. The van der Waals surface area contributed by atoms with Crippen LogP contribution < -0.4 is 0 Å². The number of nitrogens with zero attached hydrogens (tertiary/aromatic N) is 2. The fraction of sp³-hybridized carbons (Fsp3) is 0.444. The van der Waals surface area contributed by atoms with Crippen molar-refractivity contribution in [3.63, 3.8) is 0 Å². The van der Waals surface area contributed by atoms with Crippen molar-refractivity contribution in [1.82, 2.24) is 4.31 Å². The van der Waals surface area contributed by atoms with E-state index in [-0.39, 0.29) is 17.5 Å². The lowest BCUT2D eigenvalue weighted by Crippen LogP contribution is -2.47. The maximum atomic E-state index is 13.4. The summed E-state index contributed by atoms with van der Waals surface area (Å²) in [5.74, 6) is -0.828. The van der Waals surface area contributed by atoms with E-state index >= 15 is 0 Å². The van der Waals surface area contributed by atoms with E-state index in [1.54, 1.807) is 32.1 Å². The Kier molecular flexibility index (Phi) is 5.22. The Morgan fingerprint density at radius 2 is 2.00 bits per heavy atom. The molecule has 0 bridgehead atoms. The minimum atomic E-state index is -4.15. The lowest BCUT2D eigenvalue weighted by molar-refractivity contribution is -0.387. The van der Waals surface area contributed by atoms with Crippen molar-refractivity contribution in [2.75, 3.05) is 6.54 Å². The number of hydrogen-bond donors (Lipinski definition) is 0. The van der Waals surface area contributed by atoms with Crippen molar-refractivity contribution in [3.05, 3.63) is 59.2 Å². The fourth-order valence-corrected chi connectivity index (χ4v) is 5.19. The van der Waals surface area contributed by atoms with Gasteiger partial charge in [0.1, 0.15) is 12.2 Å². The van der Waals surface area contributed by atoms with Crippen molar-refractivity contribution in [2.24, 2.45) is 0 Å². The van der Waals surface area contributed by atoms with Crippen LogP contribution in [0.15, 0.2) is 54.0 Å². The van der Waals surface area contributed by atoms with Crippen LogP contribution in [0.2, 0.25) is 0 Å². The Morgan fingerprint density at radius 1 is 1.30 bits per heavy atom. The first-order chi connectivity index (χ1) is 12.7. The number of ether oxygens (including phenoxy) is 2. The number of rotatable bonds is 7. The molecule has 8 nitrogen and oxygen atoms in total. The average Bonchev–Trinajstić information content (AvgIpc) is 3.10. The van der Waals surface area contributed by atoms with Gasteiger partial charge in [0.05, 0.1) is 11.0 Å². The van der Waals surface area contributed by atoms with Crippen LogP contribution in [0.3, 0.4) is 0 Å². The first kappa shape index (κ1) is 19.7. The number of sulfonamides is 1. The molecule has 1 heterocycles. The zero-order chi connectivity index (χ0) is 19.8. The third-order valence-corrected chi connectivity index (χ3v) is 6.48. The maximum absolute atomic E-state index is 13.4. The highest BCUT2D eigenvalue weighted by molar-refractivity contribution is 7.89. The van der Waals surface area contributed by atoms with Crippen LogP contribution in [-0.2, 0) is 19.5 Å². The van der Waals surface area contributed by atoms with Gasteiger partial charge in [-0.1, -0.05) is 30.4 Å². The standard InChI is InChI=1S/C18H22N2O6S/c1-4-5-12-19(14-10-11-15-17(14)26-18(2,3)25-15)27(23,24)16-9-7-6-8-13(16)20(21)22/h4,6-11,14-15,17H,1,5,12H2,2-3H3/t14-,15-,17+/m1/s1. The Hall–Kier alpha value is -2.07. The summed E-state index contributed by atoms with van der Waals surface area (Å²) in [5.41, 5.74) is -0.455. The number of nitro groups is 1. The van der Waals surface area contributed by atoms with Crippen molar-refractivity contribution in [2.45, 2.75) is 49.2 Å². The molecular weight excluding hydrogens is 372 g/mol. The van der Waals surface area contributed by atoms with Crippen molar-refractivity contribution < 1.29 is 22.8 Å². The molecule has 146 valence electrons. The normalized spacial score (nSPS) is 26.3. The monoisotopic (exact) mass is 394 g/mol. The molecule has 0 saturated carbocycles. The molecule has 2 aliphatic rings. The highest BCUT2D eigenvalue weighted by atomic mass is 32.2. The van der Waals surface area contributed by atoms with Crippen LogP contribution in [0.1, 0.15) is 20.3 Å². The lowest BCUT2D eigenvalue weighted by Gasteiger charge is -2.31. The van der Waals surface area contributed by atoms with Crippen molar-refractivity contribution in [1.29, 1.82) is 0 Å². The molecule has 0 N–H and O–H groups in total. The largest absolute Gasteiger partial charge is 0.342 e. The highest BCUT2D eigenvalue weighted by Crippen LogP contribution is 2.38. The van der Waals surface area contributed by atoms with Gasteiger partial charge in [-0.15, -0.1) is 6.58 Å². The van der Waals surface area contributed by atoms with Gasteiger partial charge in [-0.3, -0.25) is 10.1 Å². The van der Waals surface area contributed by atoms with Gasteiger partial charge in [-0.05, 0) is 26.3 Å². The summed E-state index contributed by atoms with van der Waals surface area (Å²) in [7, 11) is -4.15. The highest BCUT2D eigenvalue weighted by Gasteiger charge is 2.50. The van der Waals surface area contributed by atoms with E-state index in [1.807, 2.05) is 0 Å². The Bertz CT molecular complexity index is 880. The summed E-state index contributed by atoms with van der Waals surface area (Å²) >= 11 is 0. The van der Waals surface area contributed by atoms with Gasteiger partial charge in [0, 0.05) is 12.6 Å². The number of fused-ring (bicyclic) bond motifs is 1. The van der Waals surface area contributed by atoms with E-state index in [0.29, 0.717) is 6.42 Å². The smallest absolute Gasteiger partial charge is 0.289 e. The number of para-hydroxylation sites is 1. The lowest BCUT2D eigenvalue weighted by atomic mass is 10.2. The summed E-state index contributed by atoms with van der Waals surface area (Å²) in [6.45, 7) is 7.30. The zero-order valence-corrected chi connectivity index (χ0v) is 16.0. The molecule has 9 heteroatoms. The number of nitro benzene ring substituents is 1. The van der Waals surface area contributed by atoms with Crippen LogP contribution >= 0.6 is 0 Å². The molecular formula is C18H22N2O6S. The predicted octanol–water partition coefficient (Wildman–Crippen LogP) is 2.62. The van der Waals surface area contributed by atoms with Crippen LogP contribution in [0.25, 0.3) is 0 Å². The minimum absolute atomic E-state index is 0.125. The molecule has 1 saturated heterocycles. The van der Waals surface area contributed by atoms with E-state index in [0.717, 1.165) is 0 Å². The summed E-state index contributed by atoms with van der Waals surface area (Å²) in [6.07, 6.45) is 4.62. The molecule has 0 amide bonds. The summed E-state index contributed by atoms with van der Waals surface area (Å²) < 4.78 is 39.6. The molecule has 1 fully saturated rings. The minimum Gasteiger partial charge on any atom is -0.342 e. The van der Waals surface area contributed by atoms with Gasteiger partial charge in [-0.2, -0.15) is 4.31 Å². The average molecular weight is 394 g/mol. The molecule has 0 aromatic heterocycles. The molecule has 1 aliphatic carbocycles. The maximum Gasteiger partial charge on any atom is 0.289 e. The van der Waals surface area contributed by atoms with Crippen LogP contribution in [0.5, 0.6) is 0 Å². The number of benzene rings is 1. The predicted molar refractivity (Wildman–Crippen MR) is 98.6 cm³/mol. The molecule has 0 unspecified atom stereocenters. The first-order valence-corrected chi connectivity index (χ1v) is 10.0. The molecule has 3 atom stereocenters. The summed E-state index contributed by atoms with van der Waals surface area (Å²) in [4.78, 5) is 10.3. The topological polar surface area (TPSA) is 99.0 Å². The molecule has 1 aliphatic heterocycles. The van der Waals surface area contributed by atoms with Gasteiger partial charge < -0.3 is 9.47 Å². The second kappa shape index (κ2) is 7.16. The molecule has 1 aromatic rings. The third kappa shape index (κ3) is 3.68.